The molecule has 1 heterocycles. The van der Waals surface area contributed by atoms with Crippen LogP contribution in [0.25, 0.3) is 6.08 Å². The summed E-state index contributed by atoms with van der Waals surface area (Å²) >= 11 is 6.16. The molecule has 9 heteroatoms. The van der Waals surface area contributed by atoms with Crippen molar-refractivity contribution in [3.63, 3.8) is 0 Å². The molecule has 1 fully saturated rings. The predicted molar refractivity (Wildman–Crippen MR) is 117 cm³/mol. The zero-order valence-corrected chi connectivity index (χ0v) is 17.0. The van der Waals surface area contributed by atoms with Gasteiger partial charge in [0.15, 0.2) is 6.61 Å². The number of nitrogens with one attached hydrogen (secondary N) is 2. The first-order chi connectivity index (χ1) is 13.9. The Bertz CT molecular complexity index is 1020. The van der Waals surface area contributed by atoms with Gasteiger partial charge < -0.3 is 15.2 Å². The molecule has 1 aliphatic rings. The second kappa shape index (κ2) is 9.35. The van der Waals surface area contributed by atoms with Gasteiger partial charge in [-0.3, -0.25) is 9.59 Å². The first kappa shape index (κ1) is 20.6. The number of amides is 2. The zero-order chi connectivity index (χ0) is 20.8. The minimum atomic E-state index is -0.432. The van der Waals surface area contributed by atoms with Gasteiger partial charge in [0.1, 0.15) is 15.8 Å². The molecule has 2 aromatic rings. The van der Waals surface area contributed by atoms with Crippen LogP contribution in [0.2, 0.25) is 0 Å². The first-order valence-corrected chi connectivity index (χ1v) is 9.74. The third kappa shape index (κ3) is 5.66. The van der Waals surface area contributed by atoms with Crippen LogP contribution in [0.4, 0.5) is 0 Å². The van der Waals surface area contributed by atoms with Crippen LogP contribution in [-0.4, -0.2) is 33.6 Å². The standard InChI is InChI=1S/C20H17N3O4S2/c1-12(15-4-2-3-5-16(15)24)22-23-18(25)11-27-14-8-6-13(7-9-14)10-17-19(26)21-20(28)29-17/h2-10,24H,11H2,1H3,(H,23,25)(H,21,26,28)/b17-10+,22-12-. The van der Waals surface area contributed by atoms with Gasteiger partial charge in [0.25, 0.3) is 11.8 Å². The highest BCUT2D eigenvalue weighted by molar-refractivity contribution is 8.26. The van der Waals surface area contributed by atoms with Crippen molar-refractivity contribution in [1.29, 1.82) is 0 Å². The lowest BCUT2D eigenvalue weighted by Crippen LogP contribution is -2.25. The maximum absolute atomic E-state index is 11.9. The lowest BCUT2D eigenvalue weighted by molar-refractivity contribution is -0.123. The van der Waals surface area contributed by atoms with Gasteiger partial charge in [-0.2, -0.15) is 5.10 Å². The molecule has 3 rings (SSSR count). The van der Waals surface area contributed by atoms with E-state index in [2.05, 4.69) is 15.8 Å². The monoisotopic (exact) mass is 427 g/mol. The number of thioether (sulfide) groups is 1. The van der Waals surface area contributed by atoms with Gasteiger partial charge in [0.2, 0.25) is 0 Å². The van der Waals surface area contributed by atoms with Crippen molar-refractivity contribution >= 4 is 51.9 Å². The summed E-state index contributed by atoms with van der Waals surface area (Å²) < 4.78 is 5.87. The lowest BCUT2D eigenvalue weighted by atomic mass is 10.1. The Balaban J connectivity index is 1.52. The Morgan fingerprint density at radius 1 is 1.28 bits per heavy atom. The Kier molecular flexibility index (Phi) is 6.63. The summed E-state index contributed by atoms with van der Waals surface area (Å²) in [6.07, 6.45) is 1.73. The Morgan fingerprint density at radius 3 is 2.66 bits per heavy atom. The molecule has 3 N–H and O–H groups in total. The average molecular weight is 428 g/mol. The van der Waals surface area contributed by atoms with E-state index in [1.54, 1.807) is 61.5 Å². The van der Waals surface area contributed by atoms with Crippen LogP contribution in [0.15, 0.2) is 58.5 Å². The van der Waals surface area contributed by atoms with Crippen molar-refractivity contribution in [2.45, 2.75) is 6.92 Å². The number of phenols is 1. The summed E-state index contributed by atoms with van der Waals surface area (Å²) in [6, 6.07) is 13.7. The molecular formula is C20H17N3O4S2. The number of nitrogens with zero attached hydrogens (tertiary/aromatic N) is 1. The van der Waals surface area contributed by atoms with E-state index in [1.807, 2.05) is 0 Å². The van der Waals surface area contributed by atoms with Crippen LogP contribution >= 0.6 is 24.0 Å². The number of para-hydroxylation sites is 1. The van der Waals surface area contributed by atoms with Crippen molar-refractivity contribution in [3.05, 3.63) is 64.6 Å². The highest BCUT2D eigenvalue weighted by Gasteiger charge is 2.21. The molecule has 2 amide bonds. The van der Waals surface area contributed by atoms with E-state index in [1.165, 1.54) is 11.8 Å². The number of phenolic OH excluding ortho intramolecular Hbond substituents is 1. The fourth-order valence-corrected chi connectivity index (χ4v) is 3.44. The Hall–Kier alpha value is -3.17. The van der Waals surface area contributed by atoms with E-state index in [9.17, 15) is 14.7 Å². The van der Waals surface area contributed by atoms with Crippen LogP contribution in [0, 0.1) is 0 Å². The number of hydrogen-bond acceptors (Lipinski definition) is 7. The molecule has 0 spiro atoms. The molecule has 0 unspecified atom stereocenters. The van der Waals surface area contributed by atoms with Crippen LogP contribution in [0.3, 0.4) is 0 Å². The number of hydrazone groups is 1. The van der Waals surface area contributed by atoms with Crippen molar-refractivity contribution in [1.82, 2.24) is 10.7 Å². The molecule has 0 aromatic heterocycles. The number of carbonyl (C=O) groups excluding carboxylic acids is 2. The van der Waals surface area contributed by atoms with Crippen molar-refractivity contribution in [2.75, 3.05) is 6.61 Å². The van der Waals surface area contributed by atoms with Crippen LogP contribution in [-0.2, 0) is 9.59 Å². The molecule has 29 heavy (non-hydrogen) atoms. The highest BCUT2D eigenvalue weighted by atomic mass is 32.2. The zero-order valence-electron chi connectivity index (χ0n) is 15.3. The minimum Gasteiger partial charge on any atom is -0.507 e. The fourth-order valence-electron chi connectivity index (χ4n) is 2.40. The summed E-state index contributed by atoms with van der Waals surface area (Å²) in [5, 5.41) is 16.3. The third-order valence-corrected chi connectivity index (χ3v) is 4.99. The topological polar surface area (TPSA) is 100 Å². The summed E-state index contributed by atoms with van der Waals surface area (Å²) in [5.74, 6) is -0.0532. The number of ether oxygens (including phenoxy) is 1. The summed E-state index contributed by atoms with van der Waals surface area (Å²) in [5.41, 5.74) is 4.21. The van der Waals surface area contributed by atoms with E-state index in [-0.39, 0.29) is 18.3 Å². The summed E-state index contributed by atoms with van der Waals surface area (Å²) in [4.78, 5) is 24.1. The molecule has 0 saturated carbocycles. The number of hydrogen-bond donors (Lipinski definition) is 3. The van der Waals surface area contributed by atoms with Gasteiger partial charge in [-0.25, -0.2) is 5.43 Å². The third-order valence-electron chi connectivity index (χ3n) is 3.83. The molecule has 0 atom stereocenters. The quantitative estimate of drug-likeness (QED) is 0.284. The first-order valence-electron chi connectivity index (χ1n) is 8.51. The number of aromatic hydroxyl groups is 1. The number of rotatable bonds is 6. The SMILES string of the molecule is C/C(=N/NC(=O)COc1ccc(/C=C2/SC(=S)NC2=O)cc1)c1ccccc1O. The van der Waals surface area contributed by atoms with Crippen LogP contribution in [0.5, 0.6) is 11.5 Å². The molecule has 2 aromatic carbocycles. The smallest absolute Gasteiger partial charge is 0.277 e. The predicted octanol–water partition coefficient (Wildman–Crippen LogP) is 2.80. The summed E-state index contributed by atoms with van der Waals surface area (Å²) in [7, 11) is 0. The Labute approximate surface area is 176 Å². The summed E-state index contributed by atoms with van der Waals surface area (Å²) in [6.45, 7) is 1.46. The fraction of sp³-hybridized carbons (Fsp3) is 0.100. The van der Waals surface area contributed by atoms with E-state index < -0.39 is 5.91 Å². The average Bonchev–Trinajstić information content (AvgIpc) is 3.02. The molecule has 148 valence electrons. The highest BCUT2D eigenvalue weighted by Crippen LogP contribution is 2.26. The van der Waals surface area contributed by atoms with Gasteiger partial charge in [-0.1, -0.05) is 48.2 Å². The second-order valence-electron chi connectivity index (χ2n) is 5.96. The van der Waals surface area contributed by atoms with E-state index in [0.717, 1.165) is 5.56 Å². The maximum atomic E-state index is 11.9. The van der Waals surface area contributed by atoms with Crippen molar-refractivity contribution in [3.8, 4) is 11.5 Å². The van der Waals surface area contributed by atoms with Gasteiger partial charge in [-0.05, 0) is 42.8 Å². The van der Waals surface area contributed by atoms with Crippen molar-refractivity contribution < 1.29 is 19.4 Å². The van der Waals surface area contributed by atoms with Crippen molar-refractivity contribution in [2.24, 2.45) is 5.10 Å². The second-order valence-corrected chi connectivity index (χ2v) is 7.68. The van der Waals surface area contributed by atoms with E-state index >= 15 is 0 Å². The maximum Gasteiger partial charge on any atom is 0.277 e. The normalized spacial score (nSPS) is 15.3. The Morgan fingerprint density at radius 2 is 2.00 bits per heavy atom. The molecule has 0 aliphatic carbocycles. The molecule has 1 saturated heterocycles. The van der Waals surface area contributed by atoms with Gasteiger partial charge in [0, 0.05) is 5.56 Å². The lowest BCUT2D eigenvalue weighted by Gasteiger charge is -2.07. The number of thiocarbonyl (C=S) groups is 1. The molecule has 0 radical (unpaired) electrons. The molecular weight excluding hydrogens is 410 g/mol. The van der Waals surface area contributed by atoms with Crippen LogP contribution in [0.1, 0.15) is 18.1 Å². The largest absolute Gasteiger partial charge is 0.507 e. The van der Waals surface area contributed by atoms with Gasteiger partial charge in [0.05, 0.1) is 10.6 Å². The van der Waals surface area contributed by atoms with Gasteiger partial charge in [-0.15, -0.1) is 0 Å². The molecule has 7 nitrogen and oxygen atoms in total. The number of carbonyl (C=O) groups is 2. The van der Waals surface area contributed by atoms with E-state index in [4.69, 9.17) is 17.0 Å². The minimum absolute atomic E-state index is 0.0876. The van der Waals surface area contributed by atoms with Crippen LogP contribution < -0.4 is 15.5 Å². The molecule has 1 aliphatic heterocycles. The van der Waals surface area contributed by atoms with Gasteiger partial charge >= 0.3 is 0 Å². The number of benzene rings is 2. The molecule has 0 bridgehead atoms. The van der Waals surface area contributed by atoms with E-state index in [0.29, 0.717) is 26.3 Å².